The molecule has 0 amide bonds. The quantitative estimate of drug-likeness (QED) is 0.852. The van der Waals surface area contributed by atoms with Crippen molar-refractivity contribution in [3.63, 3.8) is 0 Å². The summed E-state index contributed by atoms with van der Waals surface area (Å²) in [7, 11) is -3.43. The van der Waals surface area contributed by atoms with Crippen molar-refractivity contribution in [2.45, 2.75) is 36.2 Å². The summed E-state index contributed by atoms with van der Waals surface area (Å²) < 4.78 is 30.1. The van der Waals surface area contributed by atoms with Gasteiger partial charge in [-0.2, -0.15) is 0 Å². The molecule has 1 aromatic carbocycles. The zero-order chi connectivity index (χ0) is 14.3. The second kappa shape index (κ2) is 5.11. The predicted molar refractivity (Wildman–Crippen MR) is 71.6 cm³/mol. The van der Waals surface area contributed by atoms with Gasteiger partial charge in [-0.3, -0.25) is 0 Å². The number of benzene rings is 1. The zero-order valence-corrected chi connectivity index (χ0v) is 11.7. The van der Waals surface area contributed by atoms with Gasteiger partial charge in [0.1, 0.15) is 0 Å². The molecule has 110 valence electrons. The molecule has 0 aromatic heterocycles. The van der Waals surface area contributed by atoms with Crippen LogP contribution in [0.25, 0.3) is 0 Å². The first-order valence-corrected chi connectivity index (χ1v) is 8.42. The molecule has 1 saturated carbocycles. The maximum Gasteiger partial charge on any atom is 0.178 e. The Kier molecular flexibility index (Phi) is 3.58. The Morgan fingerprint density at radius 1 is 1.15 bits per heavy atom. The fourth-order valence-electron chi connectivity index (χ4n) is 3.33. The smallest absolute Gasteiger partial charge is 0.178 e. The highest BCUT2D eigenvalue weighted by Crippen LogP contribution is 2.43. The molecule has 1 heterocycles. The van der Waals surface area contributed by atoms with Crippen molar-refractivity contribution in [3.05, 3.63) is 30.3 Å². The molecule has 0 radical (unpaired) electrons. The van der Waals surface area contributed by atoms with Crippen LogP contribution in [0.15, 0.2) is 35.2 Å². The van der Waals surface area contributed by atoms with E-state index >= 15 is 0 Å². The van der Waals surface area contributed by atoms with Crippen molar-refractivity contribution in [2.24, 2.45) is 11.8 Å². The Morgan fingerprint density at radius 2 is 1.85 bits per heavy atom. The molecule has 1 unspecified atom stereocenters. The van der Waals surface area contributed by atoms with Crippen molar-refractivity contribution in [1.29, 1.82) is 0 Å². The number of aliphatic hydroxyl groups is 2. The molecule has 2 N–H and O–H groups in total. The fraction of sp³-hybridized carbons (Fsp3) is 0.571. The van der Waals surface area contributed by atoms with E-state index in [1.165, 1.54) is 0 Å². The molecule has 1 aliphatic carbocycles. The molecular weight excluding hydrogens is 280 g/mol. The summed E-state index contributed by atoms with van der Waals surface area (Å²) in [5.74, 6) is -0.559. The monoisotopic (exact) mass is 298 g/mol. The van der Waals surface area contributed by atoms with Crippen molar-refractivity contribution in [3.8, 4) is 0 Å². The number of sulfone groups is 1. The number of aliphatic hydroxyl groups excluding tert-OH is 2. The summed E-state index contributed by atoms with van der Waals surface area (Å²) in [6.07, 6.45) is -0.945. The molecule has 2 fully saturated rings. The molecule has 5 nitrogen and oxygen atoms in total. The first-order chi connectivity index (χ1) is 9.47. The maximum absolute atomic E-state index is 12.4. The van der Waals surface area contributed by atoms with Gasteiger partial charge in [-0.25, -0.2) is 8.42 Å². The lowest BCUT2D eigenvalue weighted by molar-refractivity contribution is -0.0950. The van der Waals surface area contributed by atoms with Crippen LogP contribution in [0.3, 0.4) is 0 Å². The molecule has 5 atom stereocenters. The average Bonchev–Trinajstić information content (AvgIpc) is 2.89. The van der Waals surface area contributed by atoms with Gasteiger partial charge in [-0.1, -0.05) is 18.2 Å². The lowest BCUT2D eigenvalue weighted by Crippen LogP contribution is -2.28. The van der Waals surface area contributed by atoms with Crippen molar-refractivity contribution >= 4 is 9.84 Å². The molecule has 20 heavy (non-hydrogen) atoms. The Labute approximate surface area is 118 Å². The van der Waals surface area contributed by atoms with Gasteiger partial charge < -0.3 is 14.9 Å². The van der Waals surface area contributed by atoms with Gasteiger partial charge in [0.15, 0.2) is 16.1 Å². The van der Waals surface area contributed by atoms with Gasteiger partial charge in [0, 0.05) is 18.8 Å². The fourth-order valence-corrected chi connectivity index (χ4v) is 5.07. The Morgan fingerprint density at radius 3 is 2.55 bits per heavy atom. The summed E-state index contributed by atoms with van der Waals surface area (Å²) in [6, 6.07) is 8.26. The van der Waals surface area contributed by atoms with E-state index in [0.717, 1.165) is 0 Å². The Bertz CT molecular complexity index is 570. The summed E-state index contributed by atoms with van der Waals surface area (Å²) in [6.45, 7) is 0. The topological polar surface area (TPSA) is 83.8 Å². The lowest BCUT2D eigenvalue weighted by Gasteiger charge is -2.20. The molecule has 0 bridgehead atoms. The van der Waals surface area contributed by atoms with Gasteiger partial charge in [0.05, 0.1) is 22.9 Å². The van der Waals surface area contributed by atoms with E-state index in [0.29, 0.717) is 12.8 Å². The first-order valence-electron chi connectivity index (χ1n) is 6.77. The second-order valence-electron chi connectivity index (χ2n) is 5.59. The van der Waals surface area contributed by atoms with Crippen LogP contribution in [0.1, 0.15) is 12.8 Å². The Hall–Kier alpha value is -0.950. The van der Waals surface area contributed by atoms with Crippen LogP contribution < -0.4 is 0 Å². The van der Waals surface area contributed by atoms with Crippen LogP contribution in [0.4, 0.5) is 0 Å². The van der Waals surface area contributed by atoms with Crippen molar-refractivity contribution < 1.29 is 23.4 Å². The predicted octanol–water partition coefficient (Wildman–Crippen LogP) is 0.565. The third-order valence-corrected chi connectivity index (χ3v) is 6.13. The summed E-state index contributed by atoms with van der Waals surface area (Å²) in [5.41, 5.74) is 0. The van der Waals surface area contributed by atoms with E-state index in [1.54, 1.807) is 30.3 Å². The molecule has 1 aliphatic heterocycles. The highest BCUT2D eigenvalue weighted by molar-refractivity contribution is 7.91. The zero-order valence-electron chi connectivity index (χ0n) is 10.9. The average molecular weight is 298 g/mol. The van der Waals surface area contributed by atoms with Crippen LogP contribution in [0.5, 0.6) is 0 Å². The minimum Gasteiger partial charge on any atom is -0.393 e. The van der Waals surface area contributed by atoms with Gasteiger partial charge in [-0.15, -0.1) is 0 Å². The van der Waals surface area contributed by atoms with Gasteiger partial charge >= 0.3 is 0 Å². The van der Waals surface area contributed by atoms with E-state index in [-0.39, 0.29) is 28.6 Å². The molecule has 6 heteroatoms. The number of fused-ring (bicyclic) bond motifs is 1. The van der Waals surface area contributed by atoms with E-state index in [2.05, 4.69) is 0 Å². The van der Waals surface area contributed by atoms with Crippen LogP contribution >= 0.6 is 0 Å². The van der Waals surface area contributed by atoms with Gasteiger partial charge in [0.2, 0.25) is 0 Å². The minimum atomic E-state index is -3.43. The number of hydrogen-bond acceptors (Lipinski definition) is 5. The third kappa shape index (κ3) is 2.48. The molecule has 0 spiro atoms. The van der Waals surface area contributed by atoms with E-state index < -0.39 is 22.2 Å². The largest absolute Gasteiger partial charge is 0.393 e. The van der Waals surface area contributed by atoms with Crippen LogP contribution in [-0.4, -0.2) is 42.9 Å². The van der Waals surface area contributed by atoms with E-state index in [9.17, 15) is 18.6 Å². The van der Waals surface area contributed by atoms with E-state index in [4.69, 9.17) is 4.74 Å². The van der Waals surface area contributed by atoms with Crippen LogP contribution in [0, 0.1) is 11.8 Å². The molecule has 1 saturated heterocycles. The first kappa shape index (κ1) is 14.0. The van der Waals surface area contributed by atoms with E-state index in [1.807, 2.05) is 0 Å². The number of ether oxygens (including phenoxy) is 1. The van der Waals surface area contributed by atoms with Crippen molar-refractivity contribution in [2.75, 3.05) is 5.75 Å². The number of rotatable bonds is 3. The van der Waals surface area contributed by atoms with Crippen LogP contribution in [0.2, 0.25) is 0 Å². The third-order valence-electron chi connectivity index (χ3n) is 4.32. The highest BCUT2D eigenvalue weighted by atomic mass is 32.2. The summed E-state index contributed by atoms with van der Waals surface area (Å²) in [4.78, 5) is 0.273. The SMILES string of the molecule is O=S(=O)(C[C@@H]1[C@H]2CC(O)O[C@H]2C[C@H]1O)c1ccccc1. The summed E-state index contributed by atoms with van der Waals surface area (Å²) >= 11 is 0. The number of hydrogen-bond donors (Lipinski definition) is 2. The van der Waals surface area contributed by atoms with Gasteiger partial charge in [0.25, 0.3) is 0 Å². The molecule has 2 aliphatic rings. The highest BCUT2D eigenvalue weighted by Gasteiger charge is 2.50. The molecule has 3 rings (SSSR count). The standard InChI is InChI=1S/C14H18O5S/c15-12-7-13-10(6-14(16)19-13)11(12)8-20(17,18)9-4-2-1-3-5-9/h1-5,10-16H,6-8H2/t10-,11-,12-,13+,14?/m1/s1. The van der Waals surface area contributed by atoms with Gasteiger partial charge in [-0.05, 0) is 18.1 Å². The normalized spacial score (nSPS) is 37.0. The maximum atomic E-state index is 12.4. The lowest BCUT2D eigenvalue weighted by atomic mass is 9.94. The molecule has 1 aromatic rings. The minimum absolute atomic E-state index is 0.0847. The summed E-state index contributed by atoms with van der Waals surface area (Å²) in [5, 5.41) is 19.6. The second-order valence-corrected chi connectivity index (χ2v) is 7.62. The van der Waals surface area contributed by atoms with Crippen molar-refractivity contribution in [1.82, 2.24) is 0 Å². The molecular formula is C14H18O5S. The van der Waals surface area contributed by atoms with Crippen LogP contribution in [-0.2, 0) is 14.6 Å². The Balaban J connectivity index is 1.80.